The fraction of sp³-hybridized carbons (Fsp3) is 1.00. The van der Waals surface area contributed by atoms with Crippen LogP contribution in [0.4, 0.5) is 0 Å². The average molecular weight is 244 g/mol. The molecule has 17 heavy (non-hydrogen) atoms. The van der Waals surface area contributed by atoms with E-state index in [1.165, 1.54) is 19.3 Å². The first-order valence-corrected chi connectivity index (χ1v) is 6.40. The molecule has 1 saturated carbocycles. The van der Waals surface area contributed by atoms with Crippen molar-refractivity contribution in [2.24, 2.45) is 11.8 Å². The second kappa shape index (κ2) is 5.63. The van der Waals surface area contributed by atoms with Crippen molar-refractivity contribution in [1.82, 2.24) is 5.43 Å². The van der Waals surface area contributed by atoms with Crippen LogP contribution >= 0.6 is 0 Å². The summed E-state index contributed by atoms with van der Waals surface area (Å²) in [4.78, 5) is 0. The lowest BCUT2D eigenvalue weighted by Crippen LogP contribution is -2.56. The highest BCUT2D eigenvalue weighted by atomic mass is 16.7. The molecule has 2 rings (SSSR count). The summed E-state index contributed by atoms with van der Waals surface area (Å²) >= 11 is 0. The van der Waals surface area contributed by atoms with Crippen molar-refractivity contribution in [2.45, 2.75) is 50.0 Å². The summed E-state index contributed by atoms with van der Waals surface area (Å²) in [5.74, 6) is 6.11. The molecule has 3 N–H and O–H groups in total. The third-order valence-corrected chi connectivity index (χ3v) is 4.25. The smallest absolute Gasteiger partial charge is 0.173 e. The number of hydrogen-bond acceptors (Lipinski definition) is 5. The van der Waals surface area contributed by atoms with Crippen LogP contribution in [0.3, 0.4) is 0 Å². The number of hydrazine groups is 1. The van der Waals surface area contributed by atoms with Gasteiger partial charge in [-0.25, -0.2) is 0 Å². The Morgan fingerprint density at radius 3 is 2.53 bits per heavy atom. The van der Waals surface area contributed by atoms with Crippen LogP contribution < -0.4 is 11.3 Å². The molecular weight excluding hydrogens is 220 g/mol. The van der Waals surface area contributed by atoms with Crippen LogP contribution in [0.25, 0.3) is 0 Å². The molecule has 0 radical (unpaired) electrons. The predicted octanol–water partition coefficient (Wildman–Crippen LogP) is 0.786. The van der Waals surface area contributed by atoms with Crippen molar-refractivity contribution < 1.29 is 14.2 Å². The lowest BCUT2D eigenvalue weighted by molar-refractivity contribution is -0.176. The Labute approximate surface area is 103 Å². The van der Waals surface area contributed by atoms with E-state index in [0.717, 1.165) is 19.4 Å². The highest BCUT2D eigenvalue weighted by molar-refractivity contribution is 4.96. The van der Waals surface area contributed by atoms with Gasteiger partial charge < -0.3 is 14.2 Å². The van der Waals surface area contributed by atoms with Crippen LogP contribution in [-0.4, -0.2) is 38.8 Å². The van der Waals surface area contributed by atoms with E-state index in [2.05, 4.69) is 5.43 Å². The standard InChI is InChI=1S/C12H24N2O3/c1-15-11(16-2)10(14-13)9-4-7-17-12(8-9)5-3-6-12/h9-11,14H,3-8,13H2,1-2H3. The van der Waals surface area contributed by atoms with Crippen molar-refractivity contribution in [3.05, 3.63) is 0 Å². The first-order chi connectivity index (χ1) is 8.24. The van der Waals surface area contributed by atoms with Gasteiger partial charge in [-0.15, -0.1) is 0 Å². The number of ether oxygens (including phenoxy) is 3. The molecule has 2 atom stereocenters. The molecule has 1 aliphatic carbocycles. The van der Waals surface area contributed by atoms with Crippen molar-refractivity contribution in [2.75, 3.05) is 20.8 Å². The van der Waals surface area contributed by atoms with Gasteiger partial charge in [0.05, 0.1) is 11.6 Å². The van der Waals surface area contributed by atoms with Gasteiger partial charge >= 0.3 is 0 Å². The Morgan fingerprint density at radius 1 is 1.35 bits per heavy atom. The van der Waals surface area contributed by atoms with E-state index in [4.69, 9.17) is 20.1 Å². The Kier molecular flexibility index (Phi) is 4.38. The molecule has 5 nitrogen and oxygen atoms in total. The van der Waals surface area contributed by atoms with Gasteiger partial charge in [0, 0.05) is 20.8 Å². The minimum Gasteiger partial charge on any atom is -0.375 e. The van der Waals surface area contributed by atoms with E-state index in [1.807, 2.05) is 0 Å². The third-order valence-electron chi connectivity index (χ3n) is 4.25. The summed E-state index contributed by atoms with van der Waals surface area (Å²) in [6, 6.07) is 0.0337. The fourth-order valence-corrected chi connectivity index (χ4v) is 3.12. The number of hydrogen-bond donors (Lipinski definition) is 2. The van der Waals surface area contributed by atoms with E-state index in [9.17, 15) is 0 Å². The van der Waals surface area contributed by atoms with Gasteiger partial charge in [-0.2, -0.15) is 0 Å². The minimum atomic E-state index is -0.291. The summed E-state index contributed by atoms with van der Waals surface area (Å²) in [5.41, 5.74) is 2.98. The van der Waals surface area contributed by atoms with Gasteiger partial charge in [-0.1, -0.05) is 0 Å². The van der Waals surface area contributed by atoms with Gasteiger partial charge in [0.2, 0.25) is 0 Å². The van der Waals surface area contributed by atoms with Gasteiger partial charge in [0.1, 0.15) is 0 Å². The fourth-order valence-electron chi connectivity index (χ4n) is 3.12. The molecule has 1 spiro atoms. The van der Waals surface area contributed by atoms with Gasteiger partial charge in [-0.3, -0.25) is 11.3 Å². The van der Waals surface area contributed by atoms with Crippen LogP contribution in [0.2, 0.25) is 0 Å². The highest BCUT2D eigenvalue weighted by Gasteiger charge is 2.45. The molecule has 0 amide bonds. The highest BCUT2D eigenvalue weighted by Crippen LogP contribution is 2.45. The van der Waals surface area contributed by atoms with Crippen molar-refractivity contribution in [3.8, 4) is 0 Å². The van der Waals surface area contributed by atoms with Crippen molar-refractivity contribution in [3.63, 3.8) is 0 Å². The molecule has 100 valence electrons. The van der Waals surface area contributed by atoms with Crippen LogP contribution in [-0.2, 0) is 14.2 Å². The first-order valence-electron chi connectivity index (χ1n) is 6.40. The number of nitrogens with one attached hydrogen (secondary N) is 1. The predicted molar refractivity (Wildman–Crippen MR) is 64.2 cm³/mol. The summed E-state index contributed by atoms with van der Waals surface area (Å²) in [7, 11) is 3.30. The zero-order chi connectivity index (χ0) is 12.3. The summed E-state index contributed by atoms with van der Waals surface area (Å²) in [5, 5.41) is 0. The number of rotatable bonds is 5. The van der Waals surface area contributed by atoms with Gasteiger partial charge in [-0.05, 0) is 38.0 Å². The zero-order valence-corrected chi connectivity index (χ0v) is 10.8. The summed E-state index contributed by atoms with van der Waals surface area (Å²) in [6.45, 7) is 0.822. The van der Waals surface area contributed by atoms with Crippen LogP contribution in [0.5, 0.6) is 0 Å². The maximum atomic E-state index is 5.92. The molecule has 2 aliphatic rings. The Morgan fingerprint density at radius 2 is 2.06 bits per heavy atom. The Balaban J connectivity index is 1.98. The normalized spacial score (nSPS) is 29.3. The van der Waals surface area contributed by atoms with Gasteiger partial charge in [0.15, 0.2) is 6.29 Å². The molecule has 0 aromatic heterocycles. The second-order valence-corrected chi connectivity index (χ2v) is 5.17. The maximum absolute atomic E-state index is 5.92. The largest absolute Gasteiger partial charge is 0.375 e. The molecule has 0 bridgehead atoms. The molecule has 1 heterocycles. The monoisotopic (exact) mass is 244 g/mol. The lowest BCUT2D eigenvalue weighted by Gasteiger charge is -2.49. The molecule has 0 aromatic carbocycles. The second-order valence-electron chi connectivity index (χ2n) is 5.17. The maximum Gasteiger partial charge on any atom is 0.173 e. The van der Waals surface area contributed by atoms with Crippen LogP contribution in [0.15, 0.2) is 0 Å². The van der Waals surface area contributed by atoms with E-state index >= 15 is 0 Å². The molecular formula is C12H24N2O3. The van der Waals surface area contributed by atoms with E-state index in [-0.39, 0.29) is 17.9 Å². The summed E-state index contributed by atoms with van der Waals surface area (Å²) in [6.07, 6.45) is 5.44. The molecule has 1 aliphatic heterocycles. The quantitative estimate of drug-likeness (QED) is 0.425. The SMILES string of the molecule is COC(OC)C(NN)C1CCOC2(CCC2)C1. The average Bonchev–Trinajstić information content (AvgIpc) is 2.34. The topological polar surface area (TPSA) is 65.7 Å². The van der Waals surface area contributed by atoms with Crippen molar-refractivity contribution >= 4 is 0 Å². The molecule has 2 unspecified atom stereocenters. The Hall–Kier alpha value is -0.200. The van der Waals surface area contributed by atoms with E-state index in [1.54, 1.807) is 14.2 Å². The van der Waals surface area contributed by atoms with Crippen molar-refractivity contribution in [1.29, 1.82) is 0 Å². The number of nitrogens with two attached hydrogens (primary N) is 1. The summed E-state index contributed by atoms with van der Waals surface area (Å²) < 4.78 is 16.6. The molecule has 5 heteroatoms. The molecule has 2 fully saturated rings. The zero-order valence-electron chi connectivity index (χ0n) is 10.8. The van der Waals surface area contributed by atoms with Gasteiger partial charge in [0.25, 0.3) is 0 Å². The molecule has 0 aromatic rings. The number of methoxy groups -OCH3 is 2. The third kappa shape index (κ3) is 2.63. The Bertz CT molecular complexity index is 242. The lowest BCUT2D eigenvalue weighted by atomic mass is 9.70. The van der Waals surface area contributed by atoms with E-state index in [0.29, 0.717) is 5.92 Å². The van der Waals surface area contributed by atoms with Crippen LogP contribution in [0.1, 0.15) is 32.1 Å². The first kappa shape index (κ1) is 13.2. The molecule has 1 saturated heterocycles. The van der Waals surface area contributed by atoms with E-state index < -0.39 is 0 Å². The van der Waals surface area contributed by atoms with Crippen LogP contribution in [0, 0.1) is 5.92 Å². The minimum absolute atomic E-state index is 0.0337.